The average Bonchev–Trinajstić information content (AvgIpc) is 2.65. The van der Waals surface area contributed by atoms with Crippen molar-refractivity contribution in [2.24, 2.45) is 0 Å². The van der Waals surface area contributed by atoms with Crippen LogP contribution < -0.4 is 18.9 Å². The van der Waals surface area contributed by atoms with Crippen molar-refractivity contribution in [2.75, 3.05) is 25.5 Å². The first-order chi connectivity index (χ1) is 13.1. The lowest BCUT2D eigenvalue weighted by Gasteiger charge is -2.17. The molecule has 2 aromatic rings. The highest BCUT2D eigenvalue weighted by molar-refractivity contribution is 7.92. The van der Waals surface area contributed by atoms with E-state index in [1.807, 2.05) is 6.92 Å². The minimum Gasteiger partial charge on any atom is -0.497 e. The highest BCUT2D eigenvalue weighted by Crippen LogP contribution is 2.37. The summed E-state index contributed by atoms with van der Waals surface area (Å²) in [6, 6.07) is 6.69. The summed E-state index contributed by atoms with van der Waals surface area (Å²) < 4.78 is 82.5. The normalized spacial score (nSPS) is 11.8. The van der Waals surface area contributed by atoms with E-state index in [1.54, 1.807) is 0 Å². The number of rotatable bonds is 8. The van der Waals surface area contributed by atoms with E-state index in [0.717, 1.165) is 12.1 Å². The van der Waals surface area contributed by atoms with E-state index in [9.17, 15) is 21.6 Å². The molecule has 0 fully saturated rings. The maximum Gasteiger partial charge on any atom is 0.416 e. The third-order valence-corrected chi connectivity index (χ3v) is 5.06. The highest BCUT2D eigenvalue weighted by Gasteiger charge is 2.32. The highest BCUT2D eigenvalue weighted by atomic mass is 32.2. The molecule has 0 bridgehead atoms. The molecule has 2 rings (SSSR count). The molecular formula is C18H20F3NO5S. The zero-order valence-electron chi connectivity index (χ0n) is 15.5. The summed E-state index contributed by atoms with van der Waals surface area (Å²) in [5.74, 6) is 0.240. The van der Waals surface area contributed by atoms with Gasteiger partial charge in [0.2, 0.25) is 0 Å². The number of sulfonamides is 1. The summed E-state index contributed by atoms with van der Waals surface area (Å²) in [4.78, 5) is -0.284. The number of ether oxygens (including phenoxy) is 3. The predicted octanol–water partition coefficient (Wildman–Crippen LogP) is 4.31. The SMILES string of the molecule is CCCOc1ccc(C(F)(F)F)cc1NS(=O)(=O)c1cc(OC)ccc1OC. The summed E-state index contributed by atoms with van der Waals surface area (Å²) in [6.07, 6.45) is -4.05. The van der Waals surface area contributed by atoms with Crippen LogP contribution in [0.15, 0.2) is 41.3 Å². The number of hydrogen-bond donors (Lipinski definition) is 1. The first kappa shape index (κ1) is 21.7. The summed E-state index contributed by atoms with van der Waals surface area (Å²) in [6.45, 7) is 2.03. The first-order valence-electron chi connectivity index (χ1n) is 8.21. The Morgan fingerprint density at radius 2 is 1.68 bits per heavy atom. The summed E-state index contributed by atoms with van der Waals surface area (Å²) in [7, 11) is -1.67. The number of halogens is 3. The van der Waals surface area contributed by atoms with E-state index in [0.29, 0.717) is 12.5 Å². The van der Waals surface area contributed by atoms with E-state index in [4.69, 9.17) is 14.2 Å². The molecular weight excluding hydrogens is 399 g/mol. The molecule has 0 amide bonds. The fourth-order valence-corrected chi connectivity index (χ4v) is 3.56. The number of benzene rings is 2. The fourth-order valence-electron chi connectivity index (χ4n) is 2.32. The van der Waals surface area contributed by atoms with Crippen LogP contribution in [0.4, 0.5) is 18.9 Å². The molecule has 6 nitrogen and oxygen atoms in total. The van der Waals surface area contributed by atoms with Gasteiger partial charge >= 0.3 is 6.18 Å². The third kappa shape index (κ3) is 5.00. The van der Waals surface area contributed by atoms with E-state index in [2.05, 4.69) is 4.72 Å². The van der Waals surface area contributed by atoms with Crippen LogP contribution in [0.5, 0.6) is 17.2 Å². The molecule has 0 aliphatic rings. The molecule has 0 heterocycles. The number of methoxy groups -OCH3 is 2. The van der Waals surface area contributed by atoms with Crippen molar-refractivity contribution in [3.63, 3.8) is 0 Å². The lowest BCUT2D eigenvalue weighted by atomic mass is 10.2. The molecule has 0 aliphatic carbocycles. The molecule has 0 unspecified atom stereocenters. The van der Waals surface area contributed by atoms with Crippen LogP contribution in [0.2, 0.25) is 0 Å². The van der Waals surface area contributed by atoms with Crippen LogP contribution in [-0.2, 0) is 16.2 Å². The van der Waals surface area contributed by atoms with Gasteiger partial charge in [0.05, 0.1) is 32.1 Å². The fraction of sp³-hybridized carbons (Fsp3) is 0.333. The van der Waals surface area contributed by atoms with Gasteiger partial charge < -0.3 is 14.2 Å². The van der Waals surface area contributed by atoms with E-state index >= 15 is 0 Å². The van der Waals surface area contributed by atoms with Crippen molar-refractivity contribution in [2.45, 2.75) is 24.4 Å². The van der Waals surface area contributed by atoms with Gasteiger partial charge in [0, 0.05) is 6.07 Å². The monoisotopic (exact) mass is 419 g/mol. The van der Waals surface area contributed by atoms with Crippen LogP contribution >= 0.6 is 0 Å². The lowest BCUT2D eigenvalue weighted by molar-refractivity contribution is -0.137. The maximum atomic E-state index is 13.1. The molecule has 10 heteroatoms. The molecule has 154 valence electrons. The number of hydrogen-bond acceptors (Lipinski definition) is 5. The Labute approximate surface area is 161 Å². The summed E-state index contributed by atoms with van der Waals surface area (Å²) in [5, 5.41) is 0. The number of nitrogens with one attached hydrogen (secondary N) is 1. The first-order valence-corrected chi connectivity index (χ1v) is 9.69. The molecule has 0 aromatic heterocycles. The predicted molar refractivity (Wildman–Crippen MR) is 97.6 cm³/mol. The summed E-state index contributed by atoms with van der Waals surface area (Å²) >= 11 is 0. The van der Waals surface area contributed by atoms with Gasteiger partial charge in [-0.1, -0.05) is 6.92 Å². The Morgan fingerprint density at radius 3 is 2.25 bits per heavy atom. The number of anilines is 1. The van der Waals surface area contributed by atoms with Crippen molar-refractivity contribution >= 4 is 15.7 Å². The van der Waals surface area contributed by atoms with Crippen LogP contribution in [0.25, 0.3) is 0 Å². The molecule has 0 spiro atoms. The maximum absolute atomic E-state index is 13.1. The van der Waals surface area contributed by atoms with Crippen molar-refractivity contribution in [1.82, 2.24) is 0 Å². The van der Waals surface area contributed by atoms with E-state index in [-0.39, 0.29) is 34.4 Å². The Hall–Kier alpha value is -2.62. The minimum atomic E-state index is -4.64. The Balaban J connectivity index is 2.52. The second kappa shape index (κ2) is 8.59. The van der Waals surface area contributed by atoms with Gasteiger partial charge in [0.1, 0.15) is 22.1 Å². The van der Waals surface area contributed by atoms with Crippen LogP contribution in [0.3, 0.4) is 0 Å². The lowest BCUT2D eigenvalue weighted by Crippen LogP contribution is -2.16. The Morgan fingerprint density at radius 1 is 1.00 bits per heavy atom. The second-order valence-corrected chi connectivity index (χ2v) is 7.33. The van der Waals surface area contributed by atoms with Crippen molar-refractivity contribution < 1.29 is 35.8 Å². The van der Waals surface area contributed by atoms with E-state index in [1.165, 1.54) is 32.4 Å². The standard InChI is InChI=1S/C18H20F3NO5S/c1-4-9-27-15-7-5-12(18(19,20)21)10-14(15)22-28(23,24)17-11-13(25-2)6-8-16(17)26-3/h5-8,10-11,22H,4,9H2,1-3H3. The molecule has 0 saturated heterocycles. The number of alkyl halides is 3. The van der Waals surface area contributed by atoms with Crippen molar-refractivity contribution in [1.29, 1.82) is 0 Å². The van der Waals surface area contributed by atoms with Crippen LogP contribution in [0.1, 0.15) is 18.9 Å². The van der Waals surface area contributed by atoms with Gasteiger partial charge in [-0.2, -0.15) is 13.2 Å². The van der Waals surface area contributed by atoms with Crippen LogP contribution in [-0.4, -0.2) is 29.2 Å². The van der Waals surface area contributed by atoms with Gasteiger partial charge in [-0.05, 0) is 36.8 Å². The molecule has 0 saturated carbocycles. The van der Waals surface area contributed by atoms with Gasteiger partial charge in [0.15, 0.2) is 0 Å². The topological polar surface area (TPSA) is 73.9 Å². The van der Waals surface area contributed by atoms with Crippen LogP contribution in [0, 0.1) is 0 Å². The molecule has 0 atom stereocenters. The zero-order valence-corrected chi connectivity index (χ0v) is 16.3. The second-order valence-electron chi connectivity index (χ2n) is 5.68. The molecule has 1 N–H and O–H groups in total. The van der Waals surface area contributed by atoms with Gasteiger partial charge in [-0.15, -0.1) is 0 Å². The molecule has 28 heavy (non-hydrogen) atoms. The Kier molecular flexibility index (Phi) is 6.65. The minimum absolute atomic E-state index is 0.0105. The average molecular weight is 419 g/mol. The van der Waals surface area contributed by atoms with Gasteiger partial charge in [0.25, 0.3) is 10.0 Å². The molecule has 2 aromatic carbocycles. The van der Waals surface area contributed by atoms with Gasteiger partial charge in [-0.25, -0.2) is 8.42 Å². The molecule has 0 radical (unpaired) electrons. The smallest absolute Gasteiger partial charge is 0.416 e. The largest absolute Gasteiger partial charge is 0.497 e. The Bertz CT molecular complexity index is 929. The van der Waals surface area contributed by atoms with Crippen molar-refractivity contribution in [3.05, 3.63) is 42.0 Å². The van der Waals surface area contributed by atoms with Gasteiger partial charge in [-0.3, -0.25) is 4.72 Å². The molecule has 0 aliphatic heterocycles. The van der Waals surface area contributed by atoms with E-state index < -0.39 is 21.8 Å². The van der Waals surface area contributed by atoms with Crippen molar-refractivity contribution in [3.8, 4) is 17.2 Å². The quantitative estimate of drug-likeness (QED) is 0.690. The third-order valence-electron chi connectivity index (χ3n) is 3.67. The zero-order chi connectivity index (χ0) is 20.9. The summed E-state index contributed by atoms with van der Waals surface area (Å²) in [5.41, 5.74) is -1.33.